The second kappa shape index (κ2) is 9.17. The Hall–Kier alpha value is -3.83. The van der Waals surface area contributed by atoms with Gasteiger partial charge in [0.1, 0.15) is 12.4 Å². The Labute approximate surface area is 212 Å². The highest BCUT2D eigenvalue weighted by atomic mass is 19.4. The zero-order valence-electron chi connectivity index (χ0n) is 19.7. The fourth-order valence-electron chi connectivity index (χ4n) is 4.86. The average Bonchev–Trinajstić information content (AvgIpc) is 3.44. The molecule has 5 rings (SSSR count). The number of pyridine rings is 2. The minimum Gasteiger partial charge on any atom is -0.481 e. The van der Waals surface area contributed by atoms with Gasteiger partial charge in [0.2, 0.25) is 11.8 Å². The van der Waals surface area contributed by atoms with Crippen LogP contribution in [-0.4, -0.2) is 39.7 Å². The van der Waals surface area contributed by atoms with E-state index in [1.807, 2.05) is 0 Å². The molecule has 1 fully saturated rings. The Bertz CT molecular complexity index is 1410. The van der Waals surface area contributed by atoms with Crippen molar-refractivity contribution < 1.29 is 45.7 Å². The molecule has 0 bridgehead atoms. The number of hydrogen-bond acceptors (Lipinski definition) is 5. The van der Waals surface area contributed by atoms with Crippen molar-refractivity contribution in [1.82, 2.24) is 9.97 Å². The zero-order chi connectivity index (χ0) is 27.4. The number of aryl methyl sites for hydroxylation is 1. The van der Waals surface area contributed by atoms with Gasteiger partial charge in [0.05, 0.1) is 5.92 Å². The van der Waals surface area contributed by atoms with Gasteiger partial charge in [-0.25, -0.2) is 14.4 Å². The molecule has 1 aromatic carbocycles. The Morgan fingerprint density at radius 3 is 2.53 bits per heavy atom. The SMILES string of the molecule is Cc1nc(OCC(F)(F)C(F)(F)F)ccc1-c1ccc(F)c(COc2cc3c(cn2)C2C(C3)C2C(=O)O)c1. The number of nitrogens with zero attached hydrogens (tertiary/aromatic N) is 2. The van der Waals surface area contributed by atoms with E-state index in [9.17, 15) is 36.2 Å². The fourth-order valence-corrected chi connectivity index (χ4v) is 4.86. The Kier molecular flexibility index (Phi) is 6.23. The first-order valence-electron chi connectivity index (χ1n) is 11.5. The third-order valence-corrected chi connectivity index (χ3v) is 6.88. The molecule has 2 aliphatic rings. The van der Waals surface area contributed by atoms with Crippen molar-refractivity contribution in [3.63, 3.8) is 0 Å². The van der Waals surface area contributed by atoms with E-state index in [1.165, 1.54) is 31.2 Å². The molecule has 200 valence electrons. The van der Waals surface area contributed by atoms with Crippen LogP contribution in [0.4, 0.5) is 26.3 Å². The smallest absolute Gasteiger partial charge is 0.456 e. The number of fused-ring (bicyclic) bond motifs is 3. The van der Waals surface area contributed by atoms with Crippen LogP contribution < -0.4 is 9.47 Å². The van der Waals surface area contributed by atoms with Gasteiger partial charge < -0.3 is 14.6 Å². The molecule has 0 radical (unpaired) electrons. The highest BCUT2D eigenvalue weighted by Crippen LogP contribution is 2.61. The monoisotopic (exact) mass is 538 g/mol. The third-order valence-electron chi connectivity index (χ3n) is 6.88. The van der Waals surface area contributed by atoms with Crippen LogP contribution in [0.15, 0.2) is 42.6 Å². The highest BCUT2D eigenvalue weighted by Gasteiger charge is 2.60. The summed E-state index contributed by atoms with van der Waals surface area (Å²) in [6.07, 6.45) is -3.51. The number of carboxylic acid groups (broad SMARTS) is 1. The minimum absolute atomic E-state index is 0.0204. The van der Waals surface area contributed by atoms with Crippen LogP contribution >= 0.6 is 0 Å². The number of benzene rings is 1. The Balaban J connectivity index is 1.26. The quantitative estimate of drug-likeness (QED) is 0.370. The molecule has 3 aromatic rings. The first kappa shape index (κ1) is 25.8. The van der Waals surface area contributed by atoms with Gasteiger partial charge in [-0.3, -0.25) is 4.79 Å². The standard InChI is InChI=1S/C26H20F6N2O4/c1-12-16(3-5-20(34-12)38-11-25(28,29)26(30,31)32)13-2-4-19(27)15(6-13)10-37-21-8-14-7-17-22(18(14)9-33-21)23(17)24(35)36/h2-6,8-9,17,22-23H,7,10-11H2,1H3,(H,35,36). The maximum atomic E-state index is 14.5. The van der Waals surface area contributed by atoms with Gasteiger partial charge in [-0.15, -0.1) is 0 Å². The molecule has 0 saturated heterocycles. The summed E-state index contributed by atoms with van der Waals surface area (Å²) in [5.74, 6) is -6.82. The normalized spacial score (nSPS) is 20.0. The van der Waals surface area contributed by atoms with Crippen LogP contribution in [0, 0.1) is 24.6 Å². The van der Waals surface area contributed by atoms with Crippen molar-refractivity contribution in [1.29, 1.82) is 0 Å². The predicted octanol–water partition coefficient (Wildman–Crippen LogP) is 5.72. The number of ether oxygens (including phenoxy) is 2. The molecule has 3 unspecified atom stereocenters. The first-order chi connectivity index (χ1) is 17.9. The van der Waals surface area contributed by atoms with E-state index < -0.39 is 36.4 Å². The van der Waals surface area contributed by atoms with E-state index in [0.29, 0.717) is 17.5 Å². The van der Waals surface area contributed by atoms with Gasteiger partial charge in [-0.2, -0.15) is 22.0 Å². The molecule has 38 heavy (non-hydrogen) atoms. The van der Waals surface area contributed by atoms with E-state index in [1.54, 1.807) is 12.3 Å². The summed E-state index contributed by atoms with van der Waals surface area (Å²) in [6.45, 7) is -0.549. The summed E-state index contributed by atoms with van der Waals surface area (Å²) in [4.78, 5) is 19.4. The summed E-state index contributed by atoms with van der Waals surface area (Å²) in [7, 11) is 0. The van der Waals surface area contributed by atoms with Crippen LogP contribution in [0.3, 0.4) is 0 Å². The molecule has 2 heterocycles. The molecule has 1 N–H and O–H groups in total. The largest absolute Gasteiger partial charge is 0.481 e. The zero-order valence-corrected chi connectivity index (χ0v) is 19.7. The van der Waals surface area contributed by atoms with Gasteiger partial charge in [0, 0.05) is 41.1 Å². The maximum absolute atomic E-state index is 14.5. The molecule has 3 atom stereocenters. The van der Waals surface area contributed by atoms with Gasteiger partial charge in [-0.05, 0) is 54.2 Å². The number of alkyl halides is 5. The number of aromatic nitrogens is 2. The van der Waals surface area contributed by atoms with Gasteiger partial charge in [0.15, 0.2) is 6.61 Å². The molecular formula is C26H20F6N2O4. The van der Waals surface area contributed by atoms with Gasteiger partial charge in [-0.1, -0.05) is 6.07 Å². The second-order valence-electron chi connectivity index (χ2n) is 9.35. The Morgan fingerprint density at radius 2 is 1.84 bits per heavy atom. The lowest BCUT2D eigenvalue weighted by molar-refractivity contribution is -0.290. The number of carboxylic acids is 1. The minimum atomic E-state index is -5.74. The number of rotatable bonds is 8. The molecule has 2 aliphatic carbocycles. The van der Waals surface area contributed by atoms with Crippen LogP contribution in [0.2, 0.25) is 0 Å². The number of halogens is 6. The van der Waals surface area contributed by atoms with Gasteiger partial charge in [0.25, 0.3) is 0 Å². The van der Waals surface area contributed by atoms with Crippen LogP contribution in [-0.2, 0) is 17.8 Å². The average molecular weight is 538 g/mol. The number of carbonyl (C=O) groups is 1. The van der Waals surface area contributed by atoms with Crippen molar-refractivity contribution in [3.05, 3.63) is 70.8 Å². The Morgan fingerprint density at radius 1 is 1.08 bits per heavy atom. The highest BCUT2D eigenvalue weighted by molar-refractivity contribution is 5.77. The molecule has 1 saturated carbocycles. The lowest BCUT2D eigenvalue weighted by Gasteiger charge is -2.19. The van der Waals surface area contributed by atoms with Gasteiger partial charge >= 0.3 is 18.1 Å². The van der Waals surface area contributed by atoms with Crippen LogP contribution in [0.1, 0.15) is 28.3 Å². The summed E-state index contributed by atoms with van der Waals surface area (Å²) in [6, 6.07) is 8.52. The summed E-state index contributed by atoms with van der Waals surface area (Å²) < 4.78 is 88.0. The van der Waals surface area contributed by atoms with Crippen molar-refractivity contribution in [2.45, 2.75) is 38.0 Å². The molecule has 12 heteroatoms. The molecule has 0 aliphatic heterocycles. The van der Waals surface area contributed by atoms with Crippen molar-refractivity contribution in [3.8, 4) is 22.9 Å². The molecule has 6 nitrogen and oxygen atoms in total. The lowest BCUT2D eigenvalue weighted by atomic mass is 10.0. The lowest BCUT2D eigenvalue weighted by Crippen LogP contribution is -2.41. The number of hydrogen-bond donors (Lipinski definition) is 1. The molecule has 0 spiro atoms. The molecule has 0 amide bonds. The summed E-state index contributed by atoms with van der Waals surface area (Å²) in [5.41, 5.74) is 3.35. The van der Waals surface area contributed by atoms with Crippen LogP contribution in [0.5, 0.6) is 11.8 Å². The third kappa shape index (κ3) is 4.74. The fraction of sp³-hybridized carbons (Fsp3) is 0.346. The van der Waals surface area contributed by atoms with E-state index >= 15 is 0 Å². The topological polar surface area (TPSA) is 81.5 Å². The second-order valence-corrected chi connectivity index (χ2v) is 9.35. The molecular weight excluding hydrogens is 518 g/mol. The van der Waals surface area contributed by atoms with Crippen molar-refractivity contribution >= 4 is 5.97 Å². The summed E-state index contributed by atoms with van der Waals surface area (Å²) in [5, 5.41) is 9.24. The van der Waals surface area contributed by atoms with E-state index in [-0.39, 0.29) is 41.5 Å². The molecule has 2 aromatic heterocycles. The predicted molar refractivity (Wildman–Crippen MR) is 120 cm³/mol. The number of aliphatic carboxylic acids is 1. The van der Waals surface area contributed by atoms with Crippen LogP contribution in [0.25, 0.3) is 11.1 Å². The first-order valence-corrected chi connectivity index (χ1v) is 11.5. The van der Waals surface area contributed by atoms with E-state index in [2.05, 4.69) is 14.7 Å². The van der Waals surface area contributed by atoms with Crippen molar-refractivity contribution in [2.24, 2.45) is 11.8 Å². The van der Waals surface area contributed by atoms with Crippen molar-refractivity contribution in [2.75, 3.05) is 6.61 Å². The van der Waals surface area contributed by atoms with E-state index in [0.717, 1.165) is 17.2 Å². The maximum Gasteiger partial charge on any atom is 0.456 e. The van der Waals surface area contributed by atoms with E-state index in [4.69, 9.17) is 4.74 Å². The summed E-state index contributed by atoms with van der Waals surface area (Å²) >= 11 is 0.